The molecule has 0 heterocycles. The number of esters is 1. The quantitative estimate of drug-likeness (QED) is 0.626. The van der Waals surface area contributed by atoms with E-state index in [0.717, 1.165) is 0 Å². The lowest BCUT2D eigenvalue weighted by atomic mass is 10.1. The highest BCUT2D eigenvalue weighted by atomic mass is 35.5. The minimum atomic E-state index is -0.761. The number of halogens is 1. The van der Waals surface area contributed by atoms with Crippen LogP contribution >= 0.6 is 11.6 Å². The number of rotatable bonds is 4. The summed E-state index contributed by atoms with van der Waals surface area (Å²) < 4.78 is 9.71. The Morgan fingerprint density at radius 3 is 2.18 bits per heavy atom. The Labute approximate surface area is 107 Å². The first kappa shape index (κ1) is 16.0. The van der Waals surface area contributed by atoms with E-state index in [-0.39, 0.29) is 12.0 Å². The van der Waals surface area contributed by atoms with Gasteiger partial charge in [0.1, 0.15) is 11.6 Å². The molecular formula is C11H20ClNO4. The Balaban J connectivity index is 4.46. The third-order valence-electron chi connectivity index (χ3n) is 1.79. The van der Waals surface area contributed by atoms with Gasteiger partial charge in [0.05, 0.1) is 0 Å². The van der Waals surface area contributed by atoms with E-state index in [1.165, 1.54) is 0 Å². The lowest BCUT2D eigenvalue weighted by Gasteiger charge is -2.24. The summed E-state index contributed by atoms with van der Waals surface area (Å²) in [5.41, 5.74) is -0.609. The highest BCUT2D eigenvalue weighted by molar-refractivity contribution is 6.17. The van der Waals surface area contributed by atoms with E-state index in [2.05, 4.69) is 10.1 Å². The molecule has 1 unspecified atom stereocenters. The minimum Gasteiger partial charge on any atom is -0.448 e. The van der Waals surface area contributed by atoms with Crippen molar-refractivity contribution in [3.8, 4) is 0 Å². The lowest BCUT2D eigenvalue weighted by molar-refractivity contribution is -0.145. The highest BCUT2D eigenvalue weighted by Gasteiger charge is 2.27. The summed E-state index contributed by atoms with van der Waals surface area (Å²) in [5, 5.41) is 2.46. The molecule has 0 saturated heterocycles. The molecule has 0 spiro atoms. The lowest BCUT2D eigenvalue weighted by Crippen LogP contribution is -2.47. The van der Waals surface area contributed by atoms with Crippen LogP contribution in [-0.4, -0.2) is 29.8 Å². The van der Waals surface area contributed by atoms with E-state index in [1.54, 1.807) is 34.6 Å². The van der Waals surface area contributed by atoms with E-state index in [0.29, 0.717) is 0 Å². The summed E-state index contributed by atoms with van der Waals surface area (Å²) in [7, 11) is 0. The summed E-state index contributed by atoms with van der Waals surface area (Å²) >= 11 is 5.30. The van der Waals surface area contributed by atoms with Crippen molar-refractivity contribution in [2.45, 2.75) is 46.3 Å². The maximum Gasteiger partial charge on any atom is 0.408 e. The third-order valence-corrected chi connectivity index (χ3v) is 1.90. The Morgan fingerprint density at radius 1 is 1.29 bits per heavy atom. The van der Waals surface area contributed by atoms with Crippen molar-refractivity contribution >= 4 is 23.7 Å². The number of ether oxygens (including phenoxy) is 2. The maximum atomic E-state index is 11.5. The number of alkyl carbamates (subject to hydrolysis) is 1. The van der Waals surface area contributed by atoms with Gasteiger partial charge < -0.3 is 14.8 Å². The molecule has 0 rings (SSSR count). The first-order valence-corrected chi connectivity index (χ1v) is 5.93. The van der Waals surface area contributed by atoms with Crippen LogP contribution in [0.3, 0.4) is 0 Å². The topological polar surface area (TPSA) is 64.6 Å². The Kier molecular flexibility index (Phi) is 6.31. The van der Waals surface area contributed by atoms with E-state index in [9.17, 15) is 9.59 Å². The number of carbonyl (C=O) groups is 2. The molecule has 1 atom stereocenters. The molecule has 17 heavy (non-hydrogen) atoms. The van der Waals surface area contributed by atoms with Gasteiger partial charge in [-0.25, -0.2) is 9.59 Å². The number of alkyl halides is 1. The maximum absolute atomic E-state index is 11.5. The number of amides is 1. The zero-order valence-electron chi connectivity index (χ0n) is 10.9. The van der Waals surface area contributed by atoms with Crippen LogP contribution in [0.2, 0.25) is 0 Å². The second-order valence-electron chi connectivity index (χ2n) is 4.94. The van der Waals surface area contributed by atoms with E-state index < -0.39 is 23.7 Å². The molecule has 0 saturated carbocycles. The largest absolute Gasteiger partial charge is 0.448 e. The van der Waals surface area contributed by atoms with Crippen molar-refractivity contribution in [1.82, 2.24) is 5.32 Å². The van der Waals surface area contributed by atoms with E-state index >= 15 is 0 Å². The van der Waals surface area contributed by atoms with Crippen LogP contribution in [0, 0.1) is 5.92 Å². The molecule has 0 aromatic rings. The van der Waals surface area contributed by atoms with Gasteiger partial charge in [-0.2, -0.15) is 0 Å². The third kappa shape index (κ3) is 7.05. The van der Waals surface area contributed by atoms with Crippen LogP contribution in [0.5, 0.6) is 0 Å². The molecule has 0 aromatic carbocycles. The molecule has 0 aliphatic rings. The first-order valence-electron chi connectivity index (χ1n) is 5.39. The molecule has 5 nitrogen and oxygen atoms in total. The minimum absolute atomic E-state index is 0.113. The summed E-state index contributed by atoms with van der Waals surface area (Å²) in [6.07, 6.45) is -0.650. The molecule has 1 amide bonds. The summed E-state index contributed by atoms with van der Waals surface area (Å²) in [6, 6.07) is -0.999. The number of nitrogens with one attached hydrogen (secondary N) is 1. The molecule has 0 aliphatic carbocycles. The predicted molar refractivity (Wildman–Crippen MR) is 64.8 cm³/mol. The van der Waals surface area contributed by atoms with Crippen LogP contribution in [0.25, 0.3) is 0 Å². The molecule has 100 valence electrons. The van der Waals surface area contributed by atoms with Gasteiger partial charge in [0.15, 0.2) is 6.07 Å². The van der Waals surface area contributed by atoms with Crippen molar-refractivity contribution in [2.24, 2.45) is 5.92 Å². The monoisotopic (exact) mass is 265 g/mol. The average molecular weight is 266 g/mol. The van der Waals surface area contributed by atoms with E-state index in [4.69, 9.17) is 16.3 Å². The zero-order valence-corrected chi connectivity index (χ0v) is 11.6. The average Bonchev–Trinajstić information content (AvgIpc) is 2.11. The van der Waals surface area contributed by atoms with Gasteiger partial charge in [-0.3, -0.25) is 0 Å². The zero-order chi connectivity index (χ0) is 13.6. The van der Waals surface area contributed by atoms with E-state index in [1.807, 2.05) is 0 Å². The van der Waals surface area contributed by atoms with Crippen LogP contribution in [-0.2, 0) is 14.3 Å². The van der Waals surface area contributed by atoms with Crippen LogP contribution < -0.4 is 5.32 Å². The van der Waals surface area contributed by atoms with Crippen LogP contribution in [0.15, 0.2) is 0 Å². The second kappa shape index (κ2) is 6.69. The normalized spacial score (nSPS) is 13.1. The van der Waals surface area contributed by atoms with Gasteiger partial charge in [-0.15, -0.1) is 0 Å². The van der Waals surface area contributed by atoms with Crippen molar-refractivity contribution in [1.29, 1.82) is 0 Å². The van der Waals surface area contributed by atoms with Gasteiger partial charge in [0.25, 0.3) is 0 Å². The highest BCUT2D eigenvalue weighted by Crippen LogP contribution is 2.09. The fraction of sp³-hybridized carbons (Fsp3) is 0.818. The van der Waals surface area contributed by atoms with Gasteiger partial charge in [0, 0.05) is 0 Å². The number of hydrogen-bond acceptors (Lipinski definition) is 4. The molecule has 0 radical (unpaired) electrons. The van der Waals surface area contributed by atoms with Crippen molar-refractivity contribution in [3.63, 3.8) is 0 Å². The van der Waals surface area contributed by atoms with Crippen LogP contribution in [0.1, 0.15) is 34.6 Å². The summed E-state index contributed by atoms with van der Waals surface area (Å²) in [4.78, 5) is 23.0. The molecule has 0 bridgehead atoms. The molecule has 1 N–H and O–H groups in total. The fourth-order valence-corrected chi connectivity index (χ4v) is 1.18. The van der Waals surface area contributed by atoms with Gasteiger partial charge in [-0.1, -0.05) is 25.4 Å². The van der Waals surface area contributed by atoms with Crippen LogP contribution in [0.4, 0.5) is 4.79 Å². The second-order valence-corrected chi connectivity index (χ2v) is 5.16. The number of hydrogen-bond donors (Lipinski definition) is 1. The van der Waals surface area contributed by atoms with Gasteiger partial charge in [-0.05, 0) is 26.7 Å². The SMILES string of the molecule is CC(C)C(NC(=O)OC(C)(C)C)C(=O)OCCl. The smallest absolute Gasteiger partial charge is 0.408 e. The Bertz CT molecular complexity index is 273. The van der Waals surface area contributed by atoms with Gasteiger partial charge in [0.2, 0.25) is 0 Å². The van der Waals surface area contributed by atoms with Crippen molar-refractivity contribution in [2.75, 3.05) is 6.07 Å². The fourth-order valence-electron chi connectivity index (χ4n) is 1.08. The Hall–Kier alpha value is -0.970. The van der Waals surface area contributed by atoms with Gasteiger partial charge >= 0.3 is 12.1 Å². The van der Waals surface area contributed by atoms with Crippen molar-refractivity contribution < 1.29 is 19.1 Å². The van der Waals surface area contributed by atoms with Crippen molar-refractivity contribution in [3.05, 3.63) is 0 Å². The number of carbonyl (C=O) groups excluding carboxylic acids is 2. The standard InChI is InChI=1S/C11H20ClNO4/c1-7(2)8(9(14)16-6-12)13-10(15)17-11(3,4)5/h7-8H,6H2,1-5H3,(H,13,15). The molecule has 0 fully saturated rings. The summed E-state index contributed by atoms with van der Waals surface area (Å²) in [5.74, 6) is -0.681. The molecule has 0 aromatic heterocycles. The molecule has 0 aliphatic heterocycles. The summed E-state index contributed by atoms with van der Waals surface area (Å²) in [6.45, 7) is 8.81. The Morgan fingerprint density at radius 2 is 1.82 bits per heavy atom. The molecular weight excluding hydrogens is 246 g/mol. The first-order chi connectivity index (χ1) is 7.67. The predicted octanol–water partition coefficient (Wildman–Crippen LogP) is 2.28. The molecule has 6 heteroatoms.